The van der Waals surface area contributed by atoms with Gasteiger partial charge in [0, 0.05) is 0 Å². The van der Waals surface area contributed by atoms with Gasteiger partial charge in [0.2, 0.25) is 0 Å². The fourth-order valence-corrected chi connectivity index (χ4v) is 1.72. The minimum atomic E-state index is -4.48. The van der Waals surface area contributed by atoms with E-state index in [-0.39, 0.29) is 11.3 Å². The Bertz CT molecular complexity index is 590. The van der Waals surface area contributed by atoms with Crippen molar-refractivity contribution >= 4 is 0 Å². The minimum Gasteiger partial charge on any atom is -0.497 e. The van der Waals surface area contributed by atoms with Gasteiger partial charge in [-0.1, -0.05) is 12.1 Å². The van der Waals surface area contributed by atoms with Gasteiger partial charge in [-0.25, -0.2) is 4.39 Å². The van der Waals surface area contributed by atoms with Gasteiger partial charge < -0.3 is 4.74 Å². The summed E-state index contributed by atoms with van der Waals surface area (Å²) in [6.07, 6.45) is -4.48. The second-order valence-electron chi connectivity index (χ2n) is 3.96. The van der Waals surface area contributed by atoms with Gasteiger partial charge in [0.25, 0.3) is 0 Å². The Labute approximate surface area is 107 Å². The third-order valence-electron chi connectivity index (χ3n) is 2.63. The second kappa shape index (κ2) is 4.91. The summed E-state index contributed by atoms with van der Waals surface area (Å²) in [6, 6.07) is 8.70. The number of hydrogen-bond donors (Lipinski definition) is 0. The van der Waals surface area contributed by atoms with E-state index in [1.54, 1.807) is 0 Å². The van der Waals surface area contributed by atoms with Crippen molar-refractivity contribution in [2.45, 2.75) is 6.18 Å². The maximum atomic E-state index is 13.1. The highest BCUT2D eigenvalue weighted by Crippen LogP contribution is 2.35. The molecule has 0 aromatic heterocycles. The van der Waals surface area contributed by atoms with E-state index in [4.69, 9.17) is 4.74 Å². The summed E-state index contributed by atoms with van der Waals surface area (Å²) in [4.78, 5) is 0. The van der Waals surface area contributed by atoms with Crippen LogP contribution in [0.3, 0.4) is 0 Å². The van der Waals surface area contributed by atoms with E-state index in [1.807, 2.05) is 0 Å². The molecule has 0 atom stereocenters. The van der Waals surface area contributed by atoms with Crippen LogP contribution >= 0.6 is 0 Å². The number of alkyl halides is 3. The fourth-order valence-electron chi connectivity index (χ4n) is 1.72. The molecule has 2 aromatic carbocycles. The molecule has 100 valence electrons. The van der Waals surface area contributed by atoms with Gasteiger partial charge in [0.05, 0.1) is 12.7 Å². The quantitative estimate of drug-likeness (QED) is 0.729. The van der Waals surface area contributed by atoms with Crippen molar-refractivity contribution in [3.05, 3.63) is 53.8 Å². The summed E-state index contributed by atoms with van der Waals surface area (Å²) in [5.74, 6) is -0.428. The molecular formula is C14H10F4O. The van der Waals surface area contributed by atoms with Crippen LogP contribution in [0.15, 0.2) is 42.5 Å². The van der Waals surface area contributed by atoms with Crippen LogP contribution in [0.25, 0.3) is 11.1 Å². The van der Waals surface area contributed by atoms with E-state index >= 15 is 0 Å². The van der Waals surface area contributed by atoms with Crippen molar-refractivity contribution in [2.75, 3.05) is 7.11 Å². The highest BCUT2D eigenvalue weighted by Gasteiger charge is 2.31. The predicted molar refractivity (Wildman–Crippen MR) is 63.4 cm³/mol. The molecule has 0 heterocycles. The Hall–Kier alpha value is -2.04. The summed E-state index contributed by atoms with van der Waals surface area (Å²) in [5, 5.41) is 0. The van der Waals surface area contributed by atoms with E-state index in [0.717, 1.165) is 12.1 Å². The number of benzene rings is 2. The summed E-state index contributed by atoms with van der Waals surface area (Å²) < 4.78 is 56.2. The van der Waals surface area contributed by atoms with Crippen LogP contribution in [0.5, 0.6) is 5.75 Å². The molecule has 5 heteroatoms. The SMILES string of the molecule is COc1cc(-c2cccc(F)c2)cc(C(F)(F)F)c1. The highest BCUT2D eigenvalue weighted by atomic mass is 19.4. The number of halogens is 4. The van der Waals surface area contributed by atoms with Gasteiger partial charge >= 0.3 is 6.18 Å². The molecule has 0 amide bonds. The van der Waals surface area contributed by atoms with Gasteiger partial charge in [-0.2, -0.15) is 13.2 Å². The predicted octanol–water partition coefficient (Wildman–Crippen LogP) is 4.52. The maximum absolute atomic E-state index is 13.1. The molecule has 0 aliphatic carbocycles. The molecule has 0 fully saturated rings. The van der Waals surface area contributed by atoms with Gasteiger partial charge in [-0.3, -0.25) is 0 Å². The van der Waals surface area contributed by atoms with E-state index in [2.05, 4.69) is 0 Å². The molecule has 1 nitrogen and oxygen atoms in total. The van der Waals surface area contributed by atoms with Crippen LogP contribution in [-0.2, 0) is 6.18 Å². The van der Waals surface area contributed by atoms with Crippen molar-refractivity contribution in [2.24, 2.45) is 0 Å². The van der Waals surface area contributed by atoms with E-state index < -0.39 is 17.6 Å². The Morgan fingerprint density at radius 2 is 1.68 bits per heavy atom. The lowest BCUT2D eigenvalue weighted by atomic mass is 10.0. The summed E-state index contributed by atoms with van der Waals surface area (Å²) in [5.41, 5.74) is -0.207. The van der Waals surface area contributed by atoms with Crippen LogP contribution in [0, 0.1) is 5.82 Å². The monoisotopic (exact) mass is 270 g/mol. The molecule has 19 heavy (non-hydrogen) atoms. The smallest absolute Gasteiger partial charge is 0.416 e. The van der Waals surface area contributed by atoms with Gasteiger partial charge in [0.15, 0.2) is 0 Å². The highest BCUT2D eigenvalue weighted by molar-refractivity contribution is 5.66. The number of hydrogen-bond acceptors (Lipinski definition) is 1. The molecule has 0 N–H and O–H groups in total. The lowest BCUT2D eigenvalue weighted by Crippen LogP contribution is -2.05. The zero-order valence-corrected chi connectivity index (χ0v) is 9.96. The summed E-state index contributed by atoms with van der Waals surface area (Å²) in [6.45, 7) is 0. The zero-order valence-electron chi connectivity index (χ0n) is 9.96. The van der Waals surface area contributed by atoms with Crippen LogP contribution in [0.2, 0.25) is 0 Å². The lowest BCUT2D eigenvalue weighted by Gasteiger charge is -2.12. The summed E-state index contributed by atoms with van der Waals surface area (Å²) >= 11 is 0. The van der Waals surface area contributed by atoms with Crippen molar-refractivity contribution in [1.82, 2.24) is 0 Å². The molecule has 2 aromatic rings. The second-order valence-corrected chi connectivity index (χ2v) is 3.96. The van der Waals surface area contributed by atoms with Crippen LogP contribution < -0.4 is 4.74 Å². The van der Waals surface area contributed by atoms with Crippen molar-refractivity contribution in [1.29, 1.82) is 0 Å². The van der Waals surface area contributed by atoms with Crippen molar-refractivity contribution in [3.63, 3.8) is 0 Å². The normalized spacial score (nSPS) is 11.4. The van der Waals surface area contributed by atoms with Crippen LogP contribution in [0.4, 0.5) is 17.6 Å². The molecule has 0 aliphatic heterocycles. The molecule has 0 aliphatic rings. The molecule has 0 spiro atoms. The molecule has 0 unspecified atom stereocenters. The maximum Gasteiger partial charge on any atom is 0.416 e. The first kappa shape index (κ1) is 13.4. The Morgan fingerprint density at radius 3 is 2.26 bits per heavy atom. The Morgan fingerprint density at radius 1 is 0.947 bits per heavy atom. The third-order valence-corrected chi connectivity index (χ3v) is 2.63. The standard InChI is InChI=1S/C14H10F4O/c1-19-13-7-10(5-11(8-13)14(16,17)18)9-3-2-4-12(15)6-9/h2-8H,1H3. The van der Waals surface area contributed by atoms with Gasteiger partial charge in [0.1, 0.15) is 11.6 Å². The first-order valence-electron chi connectivity index (χ1n) is 5.42. The summed E-state index contributed by atoms with van der Waals surface area (Å²) in [7, 11) is 1.28. The van der Waals surface area contributed by atoms with E-state index in [9.17, 15) is 17.6 Å². The molecule has 0 bridgehead atoms. The molecule has 2 rings (SSSR count). The first-order chi connectivity index (χ1) is 8.90. The Balaban J connectivity index is 2.57. The third kappa shape index (κ3) is 3.05. The topological polar surface area (TPSA) is 9.23 Å². The van der Waals surface area contributed by atoms with Gasteiger partial charge in [-0.15, -0.1) is 0 Å². The Kier molecular flexibility index (Phi) is 3.46. The molecule has 0 saturated carbocycles. The largest absolute Gasteiger partial charge is 0.497 e. The van der Waals surface area contributed by atoms with Crippen molar-refractivity contribution < 1.29 is 22.3 Å². The molecule has 0 radical (unpaired) electrons. The lowest BCUT2D eigenvalue weighted by molar-refractivity contribution is -0.137. The molecule has 0 saturated heterocycles. The number of ether oxygens (including phenoxy) is 1. The molecular weight excluding hydrogens is 260 g/mol. The van der Waals surface area contributed by atoms with Crippen molar-refractivity contribution in [3.8, 4) is 16.9 Å². The van der Waals surface area contributed by atoms with Crippen LogP contribution in [-0.4, -0.2) is 7.11 Å². The first-order valence-corrected chi connectivity index (χ1v) is 5.42. The van der Waals surface area contributed by atoms with Gasteiger partial charge in [-0.05, 0) is 41.5 Å². The minimum absolute atomic E-state index is 0.0779. The van der Waals surface area contributed by atoms with Crippen LogP contribution in [0.1, 0.15) is 5.56 Å². The zero-order chi connectivity index (χ0) is 14.0. The van der Waals surface area contributed by atoms with E-state index in [1.165, 1.54) is 37.4 Å². The fraction of sp³-hybridized carbons (Fsp3) is 0.143. The van der Waals surface area contributed by atoms with E-state index in [0.29, 0.717) is 5.56 Å². The average molecular weight is 270 g/mol. The average Bonchev–Trinajstić information content (AvgIpc) is 2.37. The number of methoxy groups -OCH3 is 1. The number of rotatable bonds is 2.